The van der Waals surface area contributed by atoms with Gasteiger partial charge in [0, 0.05) is 48.9 Å². The molecule has 12 nitrogen and oxygen atoms in total. The molecule has 3 aromatic heterocycles. The van der Waals surface area contributed by atoms with Crippen LogP contribution >= 0.6 is 0 Å². The fraction of sp³-hybridized carbons (Fsp3) is 0.167. The summed E-state index contributed by atoms with van der Waals surface area (Å²) < 4.78 is 11.4. The predicted octanol–water partition coefficient (Wildman–Crippen LogP) is 6.53. The average Bonchev–Trinajstić information content (AvgIpc) is 3.75. The normalized spacial score (nSPS) is 11.1. The van der Waals surface area contributed by atoms with Crippen LogP contribution in [0.25, 0.3) is 45.0 Å². The largest absolute Gasteiger partial charge is 0.508 e. The number of nitrogens with zero attached hydrogens (tertiary/aromatic N) is 5. The lowest BCUT2D eigenvalue weighted by Crippen LogP contribution is -2.29. The molecule has 0 aliphatic carbocycles. The number of anilines is 4. The molecule has 6 aromatic rings. The number of phenols is 1. The van der Waals surface area contributed by atoms with E-state index in [1.54, 1.807) is 49.9 Å². The average molecular weight is 645 g/mol. The number of amides is 1. The molecule has 0 saturated carbocycles. The molecule has 0 fully saturated rings. The van der Waals surface area contributed by atoms with E-state index in [-0.39, 0.29) is 11.7 Å². The van der Waals surface area contributed by atoms with Gasteiger partial charge >= 0.3 is 0 Å². The number of hydrogen-bond acceptors (Lipinski definition) is 10. The standard InChI is InChI=1S/C36H36N8O4/c1-6-32(46)38-27-20-28(31(47-5)21-29(27)44(4)16-15-43(2)3)40-36-37-14-12-26(39-36)34-33(23-11-10-22-13-17-48-30(22)19-23)41-35(42-34)24-8-7-9-25(45)18-24/h6-14,17-21,45H,1,15-16H2,2-5H3,(H,38,46)(H,41,42)(H,37,39,40). The lowest BCUT2D eigenvalue weighted by atomic mass is 10.1. The van der Waals surface area contributed by atoms with Gasteiger partial charge in [0.2, 0.25) is 11.9 Å². The Balaban J connectivity index is 1.40. The van der Waals surface area contributed by atoms with E-state index in [0.717, 1.165) is 35.3 Å². The number of likely N-dealkylation sites (N-methyl/N-ethyl adjacent to an activating group) is 2. The number of furan rings is 1. The van der Waals surface area contributed by atoms with Gasteiger partial charge in [-0.3, -0.25) is 4.79 Å². The first-order chi connectivity index (χ1) is 23.2. The number of imidazole rings is 1. The molecule has 0 spiro atoms. The van der Waals surface area contributed by atoms with Crippen molar-refractivity contribution >= 4 is 39.9 Å². The van der Waals surface area contributed by atoms with Crippen molar-refractivity contribution in [2.45, 2.75) is 0 Å². The van der Waals surface area contributed by atoms with Gasteiger partial charge in [0.15, 0.2) is 0 Å². The maximum Gasteiger partial charge on any atom is 0.247 e. The van der Waals surface area contributed by atoms with Crippen LogP contribution in [0, 0.1) is 0 Å². The number of nitrogens with one attached hydrogen (secondary N) is 3. The number of ether oxygens (including phenoxy) is 1. The van der Waals surface area contributed by atoms with Gasteiger partial charge in [-0.15, -0.1) is 0 Å². The molecule has 3 aromatic carbocycles. The molecular formula is C36H36N8O4. The summed E-state index contributed by atoms with van der Waals surface area (Å²) in [5.41, 5.74) is 6.02. The number of aromatic amines is 1. The van der Waals surface area contributed by atoms with Crippen LogP contribution in [0.1, 0.15) is 0 Å². The third-order valence-electron chi connectivity index (χ3n) is 7.77. The van der Waals surface area contributed by atoms with E-state index in [9.17, 15) is 9.90 Å². The van der Waals surface area contributed by atoms with Crippen LogP contribution in [0.3, 0.4) is 0 Å². The smallest absolute Gasteiger partial charge is 0.247 e. The zero-order valence-electron chi connectivity index (χ0n) is 27.1. The summed E-state index contributed by atoms with van der Waals surface area (Å²) in [6.45, 7) is 5.13. The van der Waals surface area contributed by atoms with Crippen molar-refractivity contribution in [3.8, 4) is 45.5 Å². The van der Waals surface area contributed by atoms with Crippen LogP contribution in [0.15, 0.2) is 96.3 Å². The maximum absolute atomic E-state index is 12.4. The number of H-pyrrole nitrogens is 1. The van der Waals surface area contributed by atoms with E-state index in [0.29, 0.717) is 51.5 Å². The van der Waals surface area contributed by atoms with E-state index >= 15 is 0 Å². The maximum atomic E-state index is 12.4. The highest BCUT2D eigenvalue weighted by Crippen LogP contribution is 2.39. The fourth-order valence-electron chi connectivity index (χ4n) is 5.24. The van der Waals surface area contributed by atoms with Crippen LogP contribution in [0.5, 0.6) is 11.5 Å². The molecule has 0 saturated heterocycles. The second-order valence-electron chi connectivity index (χ2n) is 11.4. The van der Waals surface area contributed by atoms with E-state index in [2.05, 4.69) is 32.1 Å². The van der Waals surface area contributed by atoms with Gasteiger partial charge in [0.05, 0.1) is 47.5 Å². The molecule has 6 rings (SSSR count). The fourth-order valence-corrected chi connectivity index (χ4v) is 5.24. The number of aromatic nitrogens is 4. The molecule has 244 valence electrons. The van der Waals surface area contributed by atoms with Gasteiger partial charge in [0.1, 0.15) is 22.9 Å². The highest BCUT2D eigenvalue weighted by molar-refractivity contribution is 6.02. The van der Waals surface area contributed by atoms with Gasteiger partial charge < -0.3 is 39.7 Å². The van der Waals surface area contributed by atoms with Crippen molar-refractivity contribution < 1.29 is 19.1 Å². The predicted molar refractivity (Wildman–Crippen MR) is 189 cm³/mol. The summed E-state index contributed by atoms with van der Waals surface area (Å²) in [6, 6.07) is 20.1. The second-order valence-corrected chi connectivity index (χ2v) is 11.4. The summed E-state index contributed by atoms with van der Waals surface area (Å²) in [6.07, 6.45) is 4.52. The quantitative estimate of drug-likeness (QED) is 0.109. The van der Waals surface area contributed by atoms with Crippen molar-refractivity contribution in [1.29, 1.82) is 0 Å². The first-order valence-corrected chi connectivity index (χ1v) is 15.2. The molecule has 1 amide bonds. The first kappa shape index (κ1) is 31.8. The van der Waals surface area contributed by atoms with Gasteiger partial charge in [-0.25, -0.2) is 15.0 Å². The zero-order chi connectivity index (χ0) is 33.8. The minimum atomic E-state index is -0.339. The molecule has 48 heavy (non-hydrogen) atoms. The van der Waals surface area contributed by atoms with Gasteiger partial charge in [-0.05, 0) is 56.6 Å². The molecule has 0 aliphatic rings. The molecule has 0 atom stereocenters. The van der Waals surface area contributed by atoms with Crippen molar-refractivity contribution in [2.24, 2.45) is 0 Å². The Hall–Kier alpha value is -6.14. The van der Waals surface area contributed by atoms with Crippen LogP contribution in [-0.2, 0) is 4.79 Å². The Labute approximate surface area is 277 Å². The number of carbonyl (C=O) groups excluding carboxylic acids is 1. The summed E-state index contributed by atoms with van der Waals surface area (Å²) in [7, 11) is 7.55. The number of carbonyl (C=O) groups is 1. The molecule has 0 aliphatic heterocycles. The Morgan fingerprint density at radius 1 is 1.02 bits per heavy atom. The zero-order valence-corrected chi connectivity index (χ0v) is 27.1. The molecular weight excluding hydrogens is 608 g/mol. The monoisotopic (exact) mass is 644 g/mol. The lowest BCUT2D eigenvalue weighted by molar-refractivity contribution is -0.111. The number of phenolic OH excluding ortho intramolecular Hbond substituents is 1. The van der Waals surface area contributed by atoms with Gasteiger partial charge in [-0.2, -0.15) is 0 Å². The van der Waals surface area contributed by atoms with Gasteiger partial charge in [-0.1, -0.05) is 30.8 Å². The number of aromatic hydroxyl groups is 1. The minimum absolute atomic E-state index is 0.130. The van der Waals surface area contributed by atoms with Crippen LogP contribution in [-0.4, -0.2) is 77.2 Å². The lowest BCUT2D eigenvalue weighted by Gasteiger charge is -2.26. The van der Waals surface area contributed by atoms with Crippen molar-refractivity contribution in [3.63, 3.8) is 0 Å². The van der Waals surface area contributed by atoms with E-state index in [1.165, 1.54) is 6.08 Å². The van der Waals surface area contributed by atoms with E-state index < -0.39 is 0 Å². The summed E-state index contributed by atoms with van der Waals surface area (Å²) >= 11 is 0. The Morgan fingerprint density at radius 2 is 1.88 bits per heavy atom. The number of hydrogen-bond donors (Lipinski definition) is 4. The van der Waals surface area contributed by atoms with E-state index in [1.807, 2.05) is 62.4 Å². The van der Waals surface area contributed by atoms with Crippen molar-refractivity contribution in [3.05, 3.63) is 91.8 Å². The first-order valence-electron chi connectivity index (χ1n) is 15.2. The third-order valence-corrected chi connectivity index (χ3v) is 7.77. The topological polar surface area (TPSA) is 145 Å². The van der Waals surface area contributed by atoms with Crippen molar-refractivity contribution in [1.82, 2.24) is 24.8 Å². The highest BCUT2D eigenvalue weighted by atomic mass is 16.5. The summed E-state index contributed by atoms with van der Waals surface area (Å²) in [5, 5.41) is 17.3. The molecule has 0 radical (unpaired) electrons. The Bertz CT molecular complexity index is 2100. The number of fused-ring (bicyclic) bond motifs is 1. The molecule has 4 N–H and O–H groups in total. The number of methoxy groups -OCH3 is 1. The SMILES string of the molecule is C=CC(=O)Nc1cc(Nc2nccc(-c3[nH]c(-c4cccc(O)c4)nc3-c3ccc4ccoc4c3)n2)c(OC)cc1N(C)CCN(C)C. The van der Waals surface area contributed by atoms with Crippen molar-refractivity contribution in [2.75, 3.05) is 56.9 Å². The Morgan fingerprint density at radius 3 is 2.65 bits per heavy atom. The summed E-state index contributed by atoms with van der Waals surface area (Å²) in [5.74, 6) is 1.18. The second kappa shape index (κ2) is 13.7. The van der Waals surface area contributed by atoms with Gasteiger partial charge in [0.25, 0.3) is 0 Å². The molecule has 0 bridgehead atoms. The van der Waals surface area contributed by atoms with E-state index in [4.69, 9.17) is 19.1 Å². The highest BCUT2D eigenvalue weighted by Gasteiger charge is 2.20. The molecule has 12 heteroatoms. The van der Waals surface area contributed by atoms with Crippen LogP contribution in [0.4, 0.5) is 23.0 Å². The van der Waals surface area contributed by atoms with Crippen LogP contribution < -0.4 is 20.3 Å². The number of rotatable bonds is 12. The minimum Gasteiger partial charge on any atom is -0.508 e. The summed E-state index contributed by atoms with van der Waals surface area (Å²) in [4.78, 5) is 34.2. The molecule has 3 heterocycles. The number of benzene rings is 3. The Kier molecular flexibility index (Phi) is 9.08. The molecule has 0 unspecified atom stereocenters. The van der Waals surface area contributed by atoms with Crippen LogP contribution in [0.2, 0.25) is 0 Å². The third kappa shape index (κ3) is 6.83.